The minimum absolute atomic E-state index is 0.220. The molecule has 0 bridgehead atoms. The van der Waals surface area contributed by atoms with Crippen molar-refractivity contribution in [1.29, 1.82) is 0 Å². The van der Waals surface area contributed by atoms with Gasteiger partial charge in [-0.3, -0.25) is 14.2 Å². The molecule has 33 heavy (non-hydrogen) atoms. The zero-order valence-electron chi connectivity index (χ0n) is 18.1. The van der Waals surface area contributed by atoms with Crippen molar-refractivity contribution in [3.63, 3.8) is 0 Å². The number of nitrogen functional groups attached to an aromatic ring is 1. The van der Waals surface area contributed by atoms with Gasteiger partial charge in [-0.2, -0.15) is 4.98 Å². The van der Waals surface area contributed by atoms with Crippen LogP contribution in [0.2, 0.25) is 0 Å². The van der Waals surface area contributed by atoms with Crippen LogP contribution < -0.4 is 21.3 Å². The number of thiazole rings is 1. The maximum Gasteiger partial charge on any atom is 0.275 e. The second kappa shape index (κ2) is 10.1. The highest BCUT2D eigenvalue weighted by molar-refractivity contribution is 8.00. The maximum atomic E-state index is 13.1. The van der Waals surface area contributed by atoms with Gasteiger partial charge in [-0.1, -0.05) is 48.2 Å². The van der Waals surface area contributed by atoms with Gasteiger partial charge in [0, 0.05) is 11.8 Å². The minimum Gasteiger partial charge on any atom is -0.494 e. The van der Waals surface area contributed by atoms with Crippen molar-refractivity contribution in [3.05, 3.63) is 65.0 Å². The first-order chi connectivity index (χ1) is 16.0. The van der Waals surface area contributed by atoms with Crippen molar-refractivity contribution in [1.82, 2.24) is 14.5 Å². The molecule has 4 aromatic rings. The fourth-order valence-corrected chi connectivity index (χ4v) is 5.19. The molecule has 8 nitrogen and oxygen atoms in total. The first-order valence-corrected chi connectivity index (χ1v) is 12.1. The molecule has 0 spiro atoms. The smallest absolute Gasteiger partial charge is 0.275 e. The Kier molecular flexibility index (Phi) is 6.95. The molecule has 0 aliphatic carbocycles. The lowest BCUT2D eigenvalue weighted by Gasteiger charge is -2.18. The predicted molar refractivity (Wildman–Crippen MR) is 134 cm³/mol. The van der Waals surface area contributed by atoms with Crippen LogP contribution in [0.3, 0.4) is 0 Å². The minimum atomic E-state index is -0.500. The lowest BCUT2D eigenvalue weighted by molar-refractivity contribution is -0.115. The van der Waals surface area contributed by atoms with Crippen molar-refractivity contribution in [3.8, 4) is 11.4 Å². The van der Waals surface area contributed by atoms with Crippen molar-refractivity contribution in [2.75, 3.05) is 17.7 Å². The molecule has 2 heterocycles. The number of carbonyl (C=O) groups excluding carboxylic acids is 1. The van der Waals surface area contributed by atoms with E-state index < -0.39 is 10.8 Å². The molecule has 0 fully saturated rings. The molecular formula is C23H23N5O3S2. The summed E-state index contributed by atoms with van der Waals surface area (Å²) in [6.07, 6.45) is 0.523. The van der Waals surface area contributed by atoms with Gasteiger partial charge in [0.25, 0.3) is 5.56 Å². The Balaban J connectivity index is 1.58. The van der Waals surface area contributed by atoms with E-state index in [0.29, 0.717) is 23.3 Å². The number of rotatable bonds is 8. The largest absolute Gasteiger partial charge is 0.494 e. The van der Waals surface area contributed by atoms with Crippen molar-refractivity contribution in [2.24, 2.45) is 0 Å². The lowest BCUT2D eigenvalue weighted by Crippen LogP contribution is -2.26. The molecule has 2 aromatic heterocycles. The first kappa shape index (κ1) is 22.8. The summed E-state index contributed by atoms with van der Waals surface area (Å²) in [5.41, 5.74) is 7.24. The van der Waals surface area contributed by atoms with Gasteiger partial charge >= 0.3 is 0 Å². The Morgan fingerprint density at radius 1 is 1.18 bits per heavy atom. The molecule has 10 heteroatoms. The molecule has 0 unspecified atom stereocenters. The van der Waals surface area contributed by atoms with Crippen LogP contribution >= 0.6 is 23.1 Å². The summed E-state index contributed by atoms with van der Waals surface area (Å²) in [6.45, 7) is 4.41. The standard InChI is InChI=1S/C23H23N5O3S2/c1-3-17(21(30)27-22-25-16-11-10-15(31-4-2)12-18(16)32-22)33-23-26-20(29)13-19(24)28(23)14-8-6-5-7-9-14/h5-13,17H,3-4,24H2,1-2H3,(H,25,27,30)/t17-/m0/s1. The second-order valence-electron chi connectivity index (χ2n) is 7.06. The van der Waals surface area contributed by atoms with E-state index in [2.05, 4.69) is 15.3 Å². The number of carbonyl (C=O) groups is 1. The molecule has 1 amide bonds. The number of ether oxygens (including phenoxy) is 1. The molecule has 170 valence electrons. The summed E-state index contributed by atoms with van der Waals surface area (Å²) in [5.74, 6) is 0.804. The molecule has 0 radical (unpaired) electrons. The van der Waals surface area contributed by atoms with Crippen LogP contribution in [0.25, 0.3) is 15.9 Å². The summed E-state index contributed by atoms with van der Waals surface area (Å²) in [4.78, 5) is 33.8. The van der Waals surface area contributed by atoms with Crippen LogP contribution in [0, 0.1) is 0 Å². The highest BCUT2D eigenvalue weighted by Gasteiger charge is 2.23. The van der Waals surface area contributed by atoms with E-state index in [1.54, 1.807) is 4.57 Å². The van der Waals surface area contributed by atoms with Crippen LogP contribution in [-0.4, -0.2) is 32.3 Å². The van der Waals surface area contributed by atoms with Gasteiger partial charge in [0.15, 0.2) is 10.3 Å². The number of thioether (sulfide) groups is 1. The van der Waals surface area contributed by atoms with Crippen LogP contribution in [0.15, 0.2) is 64.5 Å². The Labute approximate surface area is 198 Å². The number of nitrogens with zero attached hydrogens (tertiary/aromatic N) is 3. The summed E-state index contributed by atoms with van der Waals surface area (Å²) < 4.78 is 8.14. The van der Waals surface area contributed by atoms with Crippen LogP contribution in [0.5, 0.6) is 5.75 Å². The second-order valence-corrected chi connectivity index (χ2v) is 9.26. The number of anilines is 2. The topological polar surface area (TPSA) is 112 Å². The number of hydrogen-bond donors (Lipinski definition) is 2. The van der Waals surface area contributed by atoms with Crippen LogP contribution in [0.1, 0.15) is 20.3 Å². The third-order valence-electron chi connectivity index (χ3n) is 4.75. The number of fused-ring (bicyclic) bond motifs is 1. The van der Waals surface area contributed by atoms with Gasteiger partial charge in [-0.25, -0.2) is 4.98 Å². The summed E-state index contributed by atoms with van der Waals surface area (Å²) in [5, 5.41) is 3.27. The van der Waals surface area contributed by atoms with E-state index in [1.807, 2.05) is 62.4 Å². The summed E-state index contributed by atoms with van der Waals surface area (Å²) in [6, 6.07) is 16.3. The van der Waals surface area contributed by atoms with E-state index in [4.69, 9.17) is 10.5 Å². The molecule has 1 atom stereocenters. The average Bonchev–Trinajstić information content (AvgIpc) is 3.19. The average molecular weight is 482 g/mol. The molecule has 0 saturated heterocycles. The van der Waals surface area contributed by atoms with Crippen molar-refractivity contribution < 1.29 is 9.53 Å². The number of amides is 1. The van der Waals surface area contributed by atoms with Gasteiger partial charge < -0.3 is 15.8 Å². The number of hydrogen-bond acceptors (Lipinski definition) is 8. The van der Waals surface area contributed by atoms with Gasteiger partial charge in [0.1, 0.15) is 11.6 Å². The fraction of sp³-hybridized carbons (Fsp3) is 0.217. The molecular weight excluding hydrogens is 458 g/mol. The van der Waals surface area contributed by atoms with E-state index >= 15 is 0 Å². The summed E-state index contributed by atoms with van der Waals surface area (Å²) in [7, 11) is 0. The Morgan fingerprint density at radius 3 is 2.70 bits per heavy atom. The van der Waals surface area contributed by atoms with Crippen LogP contribution in [-0.2, 0) is 4.79 Å². The quantitative estimate of drug-likeness (QED) is 0.284. The SMILES string of the molecule is CCOc1ccc2nc(NC(=O)[C@H](CC)Sc3nc(=O)cc(N)n3-c3ccccc3)sc2c1. The Bertz CT molecular complexity index is 1340. The Hall–Kier alpha value is -3.37. The lowest BCUT2D eigenvalue weighted by atomic mass is 10.3. The van der Waals surface area contributed by atoms with E-state index in [1.165, 1.54) is 29.2 Å². The zero-order chi connectivity index (χ0) is 23.4. The normalized spacial score (nSPS) is 11.9. The highest BCUT2D eigenvalue weighted by Crippen LogP contribution is 2.31. The summed E-state index contributed by atoms with van der Waals surface area (Å²) >= 11 is 2.58. The van der Waals surface area contributed by atoms with Gasteiger partial charge in [0.05, 0.1) is 22.1 Å². The number of para-hydroxylation sites is 1. The number of benzene rings is 2. The van der Waals surface area contributed by atoms with Crippen LogP contribution in [0.4, 0.5) is 10.9 Å². The maximum absolute atomic E-state index is 13.1. The fourth-order valence-electron chi connectivity index (χ4n) is 3.24. The van der Waals surface area contributed by atoms with E-state index in [0.717, 1.165) is 21.7 Å². The molecule has 3 N–H and O–H groups in total. The molecule has 2 aromatic carbocycles. The first-order valence-electron chi connectivity index (χ1n) is 10.4. The molecule has 0 saturated carbocycles. The van der Waals surface area contributed by atoms with Gasteiger partial charge in [0.2, 0.25) is 5.91 Å². The third kappa shape index (κ3) is 5.18. The van der Waals surface area contributed by atoms with Gasteiger partial charge in [-0.15, -0.1) is 0 Å². The number of aromatic nitrogens is 3. The van der Waals surface area contributed by atoms with E-state index in [-0.39, 0.29) is 11.7 Å². The van der Waals surface area contributed by atoms with Gasteiger partial charge in [-0.05, 0) is 43.7 Å². The molecule has 4 rings (SSSR count). The predicted octanol–water partition coefficient (Wildman–Crippen LogP) is 4.33. The number of nitrogens with one attached hydrogen (secondary N) is 1. The highest BCUT2D eigenvalue weighted by atomic mass is 32.2. The monoisotopic (exact) mass is 481 g/mol. The molecule has 0 aliphatic heterocycles. The zero-order valence-corrected chi connectivity index (χ0v) is 19.8. The molecule has 0 aliphatic rings. The number of nitrogens with two attached hydrogens (primary N) is 1. The van der Waals surface area contributed by atoms with Crippen molar-refractivity contribution >= 4 is 50.2 Å². The van der Waals surface area contributed by atoms with Crippen molar-refractivity contribution in [2.45, 2.75) is 30.7 Å². The Morgan fingerprint density at radius 2 is 1.97 bits per heavy atom. The third-order valence-corrected chi connectivity index (χ3v) is 7.00. The van der Waals surface area contributed by atoms with E-state index in [9.17, 15) is 9.59 Å².